The molecule has 0 saturated heterocycles. The van der Waals surface area contributed by atoms with Crippen LogP contribution in [-0.4, -0.2) is 16.6 Å². The maximum Gasteiger partial charge on any atom is 0.0307 e. The second-order valence-electron chi connectivity index (χ2n) is 14.3. The molecule has 5 heteroatoms. The quantitative estimate of drug-likeness (QED) is 0.201. The van der Waals surface area contributed by atoms with Crippen LogP contribution in [-0.2, 0) is 23.2 Å². The molecule has 2 unspecified atom stereocenters. The smallest absolute Gasteiger partial charge is 0.0307 e. The Morgan fingerprint density at radius 2 is 0.796 bits per heavy atom. The Hall–Kier alpha value is -2.78. The fraction of sp³-hybridized carbons (Fsp3) is 0.182. The molecule has 49 heavy (non-hydrogen) atoms. The molecule has 0 saturated carbocycles. The number of rotatable bonds is 5. The second-order valence-corrected chi connectivity index (χ2v) is 32.3. The van der Waals surface area contributed by atoms with Crippen molar-refractivity contribution in [3.8, 4) is 0 Å². The fourth-order valence-corrected chi connectivity index (χ4v) is 12.2. The van der Waals surface area contributed by atoms with Gasteiger partial charge in [-0.2, -0.15) is 0 Å². The summed E-state index contributed by atoms with van der Waals surface area (Å²) in [4.78, 5) is 0. The Morgan fingerprint density at radius 3 is 1.20 bits per heavy atom. The first-order chi connectivity index (χ1) is 22.8. The van der Waals surface area contributed by atoms with E-state index in [1.165, 1.54) is 54.9 Å². The molecule has 0 fully saturated rings. The van der Waals surface area contributed by atoms with Crippen LogP contribution >= 0.6 is 0 Å². The molecule has 0 aliphatic heterocycles. The Bertz CT molecular complexity index is 2030. The summed E-state index contributed by atoms with van der Waals surface area (Å²) in [6, 6.07) is 49.8. The van der Waals surface area contributed by atoms with Crippen molar-refractivity contribution in [3.05, 3.63) is 178 Å². The van der Waals surface area contributed by atoms with E-state index in [9.17, 15) is 0 Å². The molecule has 0 amide bonds. The summed E-state index contributed by atoms with van der Waals surface area (Å²) < 4.78 is 1.09. The monoisotopic (exact) mass is 788 g/mol. The summed E-state index contributed by atoms with van der Waals surface area (Å²) in [6.45, 7) is 14.6. The van der Waals surface area contributed by atoms with Crippen molar-refractivity contribution in [2.75, 3.05) is 0 Å². The van der Waals surface area contributed by atoms with Gasteiger partial charge < -0.3 is 24.8 Å². The van der Waals surface area contributed by atoms with Crippen LogP contribution in [0.15, 0.2) is 145 Å². The first kappa shape index (κ1) is 37.5. The molecule has 246 valence electrons. The molecule has 0 bridgehead atoms. The van der Waals surface area contributed by atoms with Gasteiger partial charge in [0, 0.05) is 16.6 Å². The molecule has 8 rings (SSSR count). The standard InChI is InChI=1S/2C20H15.C4H14Si2.2ClH.Zr/c2*1-14-13-16-8-3-5-11-18(16)20(14)19-12-6-9-15-7-2-4-10-17(15)19;1-5-6(2,3)4;;;/h2*2-13H,1H3;5H2,1-4H3;2*1H;/q;;;;;+2/p-2. The van der Waals surface area contributed by atoms with E-state index in [0.29, 0.717) is 16.3 Å². The molecule has 2 aliphatic carbocycles. The van der Waals surface area contributed by atoms with Gasteiger partial charge >= 0.3 is 255 Å². The first-order valence-electron chi connectivity index (χ1n) is 17.1. The number of allylic oxidation sites excluding steroid dienone is 2. The predicted octanol–water partition coefficient (Wildman–Crippen LogP) is 5.57. The van der Waals surface area contributed by atoms with Crippen molar-refractivity contribution in [3.63, 3.8) is 0 Å². The zero-order chi connectivity index (χ0) is 32.7. The summed E-state index contributed by atoms with van der Waals surface area (Å²) in [7, 11) is -0.101. The number of hydrogen-bond acceptors (Lipinski definition) is 0. The summed E-state index contributed by atoms with van der Waals surface area (Å²) in [5.41, 5.74) is 14.8. The minimum absolute atomic E-state index is 0. The molecule has 0 spiro atoms. The zero-order valence-corrected chi connectivity index (χ0v) is 35.7. The first-order valence-corrected chi connectivity index (χ1v) is 27.2. The van der Waals surface area contributed by atoms with E-state index < -0.39 is 30.8 Å². The summed E-state index contributed by atoms with van der Waals surface area (Å²) in [5, 5.41) is 5.33. The topological polar surface area (TPSA) is 0 Å². The van der Waals surface area contributed by atoms with Crippen LogP contribution in [0.1, 0.15) is 54.5 Å². The Kier molecular flexibility index (Phi) is 11.9. The Balaban J connectivity index is 0.000000540. The predicted molar refractivity (Wildman–Crippen MR) is 207 cm³/mol. The number of fused-ring (bicyclic) bond motifs is 4. The third-order valence-electron chi connectivity index (χ3n) is 10.2. The number of hydrogen-bond donors (Lipinski definition) is 0. The van der Waals surface area contributed by atoms with Gasteiger partial charge in [0.2, 0.25) is 0 Å². The minimum atomic E-state index is -1.02. The van der Waals surface area contributed by atoms with E-state index in [2.05, 4.69) is 173 Å². The van der Waals surface area contributed by atoms with E-state index in [0.717, 1.165) is 0 Å². The second kappa shape index (κ2) is 15.6. The van der Waals surface area contributed by atoms with E-state index in [1.807, 2.05) is 0 Å². The third kappa shape index (κ3) is 7.21. The van der Waals surface area contributed by atoms with E-state index in [4.69, 9.17) is 0 Å². The van der Waals surface area contributed by atoms with Crippen molar-refractivity contribution < 1.29 is 48.0 Å². The van der Waals surface area contributed by atoms with Crippen LogP contribution in [0.2, 0.25) is 26.2 Å². The average molecular weight is 791 g/mol. The number of benzene rings is 6. The molecule has 6 aromatic carbocycles. The molecule has 2 atom stereocenters. The van der Waals surface area contributed by atoms with Gasteiger partial charge in [-0.05, 0) is 0 Å². The molecular weight excluding hydrogens is 747 g/mol. The average Bonchev–Trinajstić information content (AvgIpc) is 3.53. The van der Waals surface area contributed by atoms with Gasteiger partial charge in [0.1, 0.15) is 0 Å². The summed E-state index contributed by atoms with van der Waals surface area (Å²) >= 11 is -1.02. The van der Waals surface area contributed by atoms with Crippen LogP contribution in [0, 0.1) is 0 Å². The van der Waals surface area contributed by atoms with Crippen molar-refractivity contribution in [1.29, 1.82) is 0 Å². The van der Waals surface area contributed by atoms with Gasteiger partial charge in [-0.25, -0.2) is 0 Å². The molecule has 0 radical (unpaired) electrons. The molecule has 2 aliphatic rings. The molecule has 6 aromatic rings. The SMILES string of the molecule is CC1=C(c2cccc3ccccc23)c2ccccc2[CH]1[Zr+2][CH]1C(C)=C(c2cccc3ccccc23)c2ccccc21.C[SiH2][Si](C)(C)C.[Cl-].[Cl-]. The third-order valence-corrected chi connectivity index (χ3v) is 24.0. The van der Waals surface area contributed by atoms with Gasteiger partial charge in [-0.15, -0.1) is 0 Å². The molecule has 0 heterocycles. The van der Waals surface area contributed by atoms with Crippen LogP contribution < -0.4 is 24.8 Å². The van der Waals surface area contributed by atoms with Gasteiger partial charge in [-0.3, -0.25) is 0 Å². The van der Waals surface area contributed by atoms with Crippen molar-refractivity contribution in [1.82, 2.24) is 0 Å². The molecular formula is C44H44Cl2Si2Zr. The van der Waals surface area contributed by atoms with Crippen LogP contribution in [0.4, 0.5) is 0 Å². The van der Waals surface area contributed by atoms with Crippen molar-refractivity contribution in [2.24, 2.45) is 0 Å². The number of halogens is 2. The van der Waals surface area contributed by atoms with E-state index in [1.54, 1.807) is 22.3 Å². The van der Waals surface area contributed by atoms with E-state index in [-0.39, 0.29) is 24.8 Å². The van der Waals surface area contributed by atoms with Gasteiger partial charge in [0.05, 0.1) is 0 Å². The van der Waals surface area contributed by atoms with E-state index >= 15 is 0 Å². The fourth-order valence-electron chi connectivity index (χ4n) is 7.33. The Morgan fingerprint density at radius 1 is 0.469 bits per heavy atom. The largest absolute Gasteiger partial charge is 1.00 e. The normalized spacial score (nSPS) is 16.5. The Labute approximate surface area is 320 Å². The van der Waals surface area contributed by atoms with Gasteiger partial charge in [0.25, 0.3) is 0 Å². The minimum Gasteiger partial charge on any atom is -1.00 e. The zero-order valence-electron chi connectivity index (χ0n) is 29.3. The van der Waals surface area contributed by atoms with Gasteiger partial charge in [-0.1, -0.05) is 26.2 Å². The van der Waals surface area contributed by atoms with Crippen LogP contribution in [0.3, 0.4) is 0 Å². The summed E-state index contributed by atoms with van der Waals surface area (Å²) in [6.07, 6.45) is 0. The van der Waals surface area contributed by atoms with Gasteiger partial charge in [0.15, 0.2) is 0 Å². The molecule has 0 N–H and O–H groups in total. The maximum absolute atomic E-state index is 2.44. The van der Waals surface area contributed by atoms with Crippen LogP contribution in [0.5, 0.6) is 0 Å². The van der Waals surface area contributed by atoms with Crippen molar-refractivity contribution >= 4 is 49.3 Å². The summed E-state index contributed by atoms with van der Waals surface area (Å²) in [5.74, 6) is 0. The van der Waals surface area contributed by atoms with Crippen molar-refractivity contribution in [2.45, 2.75) is 47.3 Å². The molecule has 0 nitrogen and oxygen atoms in total. The molecule has 0 aromatic heterocycles. The van der Waals surface area contributed by atoms with Crippen LogP contribution in [0.25, 0.3) is 32.7 Å². The maximum atomic E-state index is 2.44.